The van der Waals surface area contributed by atoms with Gasteiger partial charge in [-0.25, -0.2) is 4.79 Å². The second-order valence-corrected chi connectivity index (χ2v) is 4.20. The minimum Gasteiger partial charge on any atom is -0.591 e. The Labute approximate surface area is 111 Å². The Hall–Kier alpha value is -0.890. The van der Waals surface area contributed by atoms with Crippen LogP contribution < -0.4 is 4.89 Å². The third-order valence-corrected chi connectivity index (χ3v) is 2.33. The van der Waals surface area contributed by atoms with Crippen LogP contribution in [0.15, 0.2) is 11.4 Å². The summed E-state index contributed by atoms with van der Waals surface area (Å²) in [6.45, 7) is 1.49. The fraction of sp³-hybridized carbons (Fsp3) is 0.700. The van der Waals surface area contributed by atoms with E-state index in [1.165, 1.54) is 6.92 Å². The molecule has 0 aliphatic carbocycles. The van der Waals surface area contributed by atoms with E-state index < -0.39 is 20.3 Å². The lowest BCUT2D eigenvalue weighted by Crippen LogP contribution is -2.24. The summed E-state index contributed by atoms with van der Waals surface area (Å²) in [6.07, 6.45) is -1.49. The lowest BCUT2D eigenvalue weighted by atomic mass is 10.4. The lowest BCUT2D eigenvalue weighted by molar-refractivity contribution is -0.173. The quantitative estimate of drug-likeness (QED) is 0.171. The van der Waals surface area contributed by atoms with Crippen LogP contribution in [0.25, 0.3) is 0 Å². The Morgan fingerprint density at radius 1 is 1.37 bits per heavy atom. The summed E-state index contributed by atoms with van der Waals surface area (Å²) in [7, 11) is -2.83. The molecule has 0 radical (unpaired) electrons. The Bertz CT molecular complexity index is 317. The average molecular weight is 296 g/mol. The van der Waals surface area contributed by atoms with Gasteiger partial charge in [-0.15, -0.1) is 0 Å². The molecule has 0 rings (SSSR count). The number of hydrogen-bond donors (Lipinski definition) is 2. The van der Waals surface area contributed by atoms with Gasteiger partial charge in [0, 0.05) is 0 Å². The van der Waals surface area contributed by atoms with Crippen LogP contribution in [0.1, 0.15) is 6.92 Å². The van der Waals surface area contributed by atoms with Crippen molar-refractivity contribution in [2.75, 3.05) is 33.0 Å². The summed E-state index contributed by atoms with van der Waals surface area (Å²) in [4.78, 5) is 21.6. The van der Waals surface area contributed by atoms with Crippen LogP contribution in [0.4, 0.5) is 0 Å². The molecule has 0 aromatic heterocycles. The van der Waals surface area contributed by atoms with Gasteiger partial charge >= 0.3 is 14.0 Å². The van der Waals surface area contributed by atoms with E-state index in [0.29, 0.717) is 5.82 Å². The van der Waals surface area contributed by atoms with Gasteiger partial charge in [0.15, 0.2) is 5.82 Å². The zero-order valence-electron chi connectivity index (χ0n) is 10.5. The number of rotatable bonds is 10. The second-order valence-electron chi connectivity index (χ2n) is 3.37. The van der Waals surface area contributed by atoms with Gasteiger partial charge in [0.2, 0.25) is 6.29 Å². The van der Waals surface area contributed by atoms with Crippen LogP contribution in [0, 0.1) is 0 Å². The highest BCUT2D eigenvalue weighted by molar-refractivity contribution is 7.40. The summed E-state index contributed by atoms with van der Waals surface area (Å²) >= 11 is 0. The number of aliphatic hydroxyl groups excluding tert-OH is 2. The SMILES string of the molecule is C/C(=C\[P+](=O)[O-])C(=O)OC(O)COCCOCCO. The summed E-state index contributed by atoms with van der Waals surface area (Å²) in [5.41, 5.74) is -0.138. The molecule has 0 aliphatic heterocycles. The van der Waals surface area contributed by atoms with Crippen molar-refractivity contribution >= 4 is 14.0 Å². The first kappa shape index (κ1) is 18.1. The summed E-state index contributed by atoms with van der Waals surface area (Å²) < 4.78 is 24.7. The number of esters is 1. The van der Waals surface area contributed by atoms with Crippen molar-refractivity contribution in [1.29, 1.82) is 0 Å². The number of hydrogen-bond acceptors (Lipinski definition) is 8. The molecular formula is C10H17O8P. The number of ether oxygens (including phenoxy) is 3. The number of carbonyl (C=O) groups excluding carboxylic acids is 1. The van der Waals surface area contributed by atoms with E-state index in [0.717, 1.165) is 0 Å². The highest BCUT2D eigenvalue weighted by atomic mass is 31.1. The van der Waals surface area contributed by atoms with E-state index in [1.54, 1.807) is 0 Å². The third kappa shape index (κ3) is 10.7. The van der Waals surface area contributed by atoms with Gasteiger partial charge in [-0.3, -0.25) is 0 Å². The molecular weight excluding hydrogens is 279 g/mol. The molecule has 0 heterocycles. The Balaban J connectivity index is 3.76. The van der Waals surface area contributed by atoms with E-state index in [2.05, 4.69) is 4.74 Å². The van der Waals surface area contributed by atoms with Crippen LogP contribution in [0.3, 0.4) is 0 Å². The van der Waals surface area contributed by atoms with Gasteiger partial charge in [0.05, 0.1) is 32.0 Å². The van der Waals surface area contributed by atoms with E-state index >= 15 is 0 Å². The van der Waals surface area contributed by atoms with Crippen LogP contribution >= 0.6 is 8.03 Å². The van der Waals surface area contributed by atoms with Gasteiger partial charge in [-0.2, -0.15) is 0 Å². The standard InChI is InChI=1S/C10H17O8P/c1-8(7-19(14)15)10(13)18-9(12)6-17-5-4-16-3-2-11/h7,9,11-12H,2-6H2,1H3/b8-7+. The van der Waals surface area contributed by atoms with E-state index in [9.17, 15) is 19.4 Å². The zero-order chi connectivity index (χ0) is 14.7. The molecule has 19 heavy (non-hydrogen) atoms. The average Bonchev–Trinajstić information content (AvgIpc) is 2.32. The molecule has 110 valence electrons. The maximum Gasteiger partial charge on any atom is 0.341 e. The molecule has 0 saturated heterocycles. The molecule has 2 N–H and O–H groups in total. The van der Waals surface area contributed by atoms with E-state index in [1.807, 2.05) is 0 Å². The minimum atomic E-state index is -2.83. The number of carbonyl (C=O) groups is 1. The molecule has 2 unspecified atom stereocenters. The van der Waals surface area contributed by atoms with Gasteiger partial charge in [0.1, 0.15) is 6.61 Å². The molecule has 0 fully saturated rings. The van der Waals surface area contributed by atoms with Crippen molar-refractivity contribution in [3.05, 3.63) is 11.4 Å². The van der Waals surface area contributed by atoms with E-state index in [-0.39, 0.29) is 38.6 Å². The second kappa shape index (κ2) is 11.0. The van der Waals surface area contributed by atoms with Crippen molar-refractivity contribution in [3.63, 3.8) is 0 Å². The monoisotopic (exact) mass is 296 g/mol. The smallest absolute Gasteiger partial charge is 0.341 e. The largest absolute Gasteiger partial charge is 0.591 e. The van der Waals surface area contributed by atoms with Gasteiger partial charge < -0.3 is 29.3 Å². The summed E-state index contributed by atoms with van der Waals surface area (Å²) in [5, 5.41) is 17.7. The van der Waals surface area contributed by atoms with Crippen molar-refractivity contribution < 1.29 is 38.7 Å². The molecule has 0 aromatic rings. The maximum absolute atomic E-state index is 11.2. The van der Waals surface area contributed by atoms with Crippen LogP contribution in [-0.2, 0) is 23.6 Å². The molecule has 0 saturated carbocycles. The first-order valence-corrected chi connectivity index (χ1v) is 6.69. The van der Waals surface area contributed by atoms with Crippen LogP contribution in [-0.4, -0.2) is 55.5 Å². The van der Waals surface area contributed by atoms with Crippen LogP contribution in [0.2, 0.25) is 0 Å². The molecule has 0 bridgehead atoms. The predicted molar refractivity (Wildman–Crippen MR) is 62.2 cm³/mol. The molecule has 2 atom stereocenters. The molecule has 0 aromatic carbocycles. The van der Waals surface area contributed by atoms with Crippen molar-refractivity contribution in [3.8, 4) is 0 Å². The first-order valence-electron chi connectivity index (χ1n) is 5.44. The predicted octanol–water partition coefficient (Wildman–Crippen LogP) is -1.12. The highest BCUT2D eigenvalue weighted by Gasteiger charge is 2.15. The lowest BCUT2D eigenvalue weighted by Gasteiger charge is -2.12. The molecule has 0 spiro atoms. The zero-order valence-corrected chi connectivity index (χ0v) is 11.4. The Morgan fingerprint density at radius 2 is 2.00 bits per heavy atom. The Kier molecular flexibility index (Phi) is 10.5. The van der Waals surface area contributed by atoms with Gasteiger partial charge in [-0.1, -0.05) is 4.57 Å². The summed E-state index contributed by atoms with van der Waals surface area (Å²) in [5.74, 6) is -0.222. The van der Waals surface area contributed by atoms with Crippen LogP contribution in [0.5, 0.6) is 0 Å². The fourth-order valence-corrected chi connectivity index (χ4v) is 1.35. The maximum atomic E-state index is 11.2. The molecule has 8 nitrogen and oxygen atoms in total. The van der Waals surface area contributed by atoms with Gasteiger partial charge in [-0.05, 0) is 6.92 Å². The van der Waals surface area contributed by atoms with Gasteiger partial charge in [0.25, 0.3) is 0 Å². The first-order chi connectivity index (χ1) is 8.97. The highest BCUT2D eigenvalue weighted by Crippen LogP contribution is 2.13. The molecule has 0 amide bonds. The molecule has 9 heteroatoms. The van der Waals surface area contributed by atoms with Crippen molar-refractivity contribution in [2.45, 2.75) is 13.2 Å². The molecule has 0 aliphatic rings. The van der Waals surface area contributed by atoms with E-state index in [4.69, 9.17) is 14.6 Å². The number of aliphatic hydroxyl groups is 2. The normalized spacial score (nSPS) is 14.1. The Morgan fingerprint density at radius 3 is 2.58 bits per heavy atom. The summed E-state index contributed by atoms with van der Waals surface area (Å²) in [6, 6.07) is 0. The fourth-order valence-electron chi connectivity index (χ4n) is 0.930. The van der Waals surface area contributed by atoms with Crippen molar-refractivity contribution in [1.82, 2.24) is 0 Å². The van der Waals surface area contributed by atoms with Crippen molar-refractivity contribution in [2.24, 2.45) is 0 Å². The third-order valence-electron chi connectivity index (χ3n) is 1.73. The minimum absolute atomic E-state index is 0.0895. The topological polar surface area (TPSA) is 125 Å².